The van der Waals surface area contributed by atoms with Gasteiger partial charge in [0.25, 0.3) is 17.1 Å². The van der Waals surface area contributed by atoms with Crippen LogP contribution in [0.25, 0.3) is 16.3 Å². The third-order valence-electron chi connectivity index (χ3n) is 4.87. The predicted octanol–water partition coefficient (Wildman–Crippen LogP) is 4.17. The van der Waals surface area contributed by atoms with Gasteiger partial charge in [-0.05, 0) is 60.7 Å². The number of benzene rings is 2. The summed E-state index contributed by atoms with van der Waals surface area (Å²) in [5, 5.41) is 2.39. The number of hydrogen-bond donors (Lipinski definition) is 1. The van der Waals surface area contributed by atoms with E-state index < -0.39 is 5.91 Å². The van der Waals surface area contributed by atoms with Crippen LogP contribution in [-0.2, 0) is 4.79 Å². The maximum atomic E-state index is 12.7. The molecule has 1 aliphatic heterocycles. The fourth-order valence-electron chi connectivity index (χ4n) is 3.27. The SMILES string of the molecule is CCOc1ccc(/C=C2\SC(=O)N(CCNC(=O)c3ccc4ncsc4c3)C2=O)cc1OC. The van der Waals surface area contributed by atoms with Crippen LogP contribution in [0.3, 0.4) is 0 Å². The highest BCUT2D eigenvalue weighted by Gasteiger charge is 2.34. The second-order valence-electron chi connectivity index (χ2n) is 6.97. The second-order valence-corrected chi connectivity index (χ2v) is 8.85. The standard InChI is InChI=1S/C23H21N3O5S2/c1-3-31-17-7-4-14(10-18(17)30-2)11-20-22(28)26(23(29)33-20)9-8-24-21(27)15-5-6-16-19(12-15)32-13-25-16/h4-7,10-13H,3,8-9H2,1-2H3,(H,24,27)/b20-11-. The number of carbonyl (C=O) groups is 3. The van der Waals surface area contributed by atoms with Gasteiger partial charge in [-0.3, -0.25) is 19.3 Å². The molecule has 8 nitrogen and oxygen atoms in total. The summed E-state index contributed by atoms with van der Waals surface area (Å²) < 4.78 is 11.8. The van der Waals surface area contributed by atoms with Crippen molar-refractivity contribution in [3.63, 3.8) is 0 Å². The Morgan fingerprint density at radius 1 is 1.18 bits per heavy atom. The van der Waals surface area contributed by atoms with Crippen LogP contribution >= 0.6 is 23.1 Å². The molecule has 2 heterocycles. The summed E-state index contributed by atoms with van der Waals surface area (Å²) in [5.74, 6) is 0.493. The smallest absolute Gasteiger partial charge is 0.293 e. The molecule has 170 valence electrons. The van der Waals surface area contributed by atoms with Gasteiger partial charge in [0.15, 0.2) is 11.5 Å². The van der Waals surface area contributed by atoms with E-state index in [1.807, 2.05) is 6.92 Å². The van der Waals surface area contributed by atoms with Gasteiger partial charge in [0, 0.05) is 18.7 Å². The van der Waals surface area contributed by atoms with Gasteiger partial charge in [0.1, 0.15) is 0 Å². The van der Waals surface area contributed by atoms with Crippen molar-refractivity contribution in [2.24, 2.45) is 0 Å². The van der Waals surface area contributed by atoms with E-state index in [0.29, 0.717) is 34.1 Å². The van der Waals surface area contributed by atoms with Gasteiger partial charge >= 0.3 is 0 Å². The van der Waals surface area contributed by atoms with Crippen LogP contribution in [0.4, 0.5) is 4.79 Å². The number of amides is 3. The van der Waals surface area contributed by atoms with E-state index in [4.69, 9.17) is 9.47 Å². The number of thiazole rings is 1. The number of carbonyl (C=O) groups excluding carboxylic acids is 3. The quantitative estimate of drug-likeness (QED) is 0.480. The molecule has 4 rings (SSSR count). The maximum absolute atomic E-state index is 12.7. The monoisotopic (exact) mass is 483 g/mol. The Hall–Kier alpha value is -3.37. The second kappa shape index (κ2) is 10.1. The molecular formula is C23H21N3O5S2. The molecular weight excluding hydrogens is 462 g/mol. The van der Waals surface area contributed by atoms with Crippen LogP contribution in [0.1, 0.15) is 22.8 Å². The number of ether oxygens (including phenoxy) is 2. The lowest BCUT2D eigenvalue weighted by Crippen LogP contribution is -2.37. The fraction of sp³-hybridized carbons (Fsp3) is 0.217. The molecule has 1 saturated heterocycles. The van der Waals surface area contributed by atoms with E-state index in [0.717, 1.165) is 26.9 Å². The number of hydrogen-bond acceptors (Lipinski definition) is 8. The molecule has 1 N–H and O–H groups in total. The molecule has 0 unspecified atom stereocenters. The molecule has 10 heteroatoms. The van der Waals surface area contributed by atoms with Gasteiger partial charge in [-0.1, -0.05) is 6.07 Å². The zero-order valence-corrected chi connectivity index (χ0v) is 19.6. The zero-order valence-electron chi connectivity index (χ0n) is 18.0. The van der Waals surface area contributed by atoms with E-state index in [1.165, 1.54) is 11.3 Å². The lowest BCUT2D eigenvalue weighted by atomic mass is 10.2. The largest absolute Gasteiger partial charge is 0.493 e. The van der Waals surface area contributed by atoms with E-state index in [-0.39, 0.29) is 24.2 Å². The molecule has 0 saturated carbocycles. The summed E-state index contributed by atoms with van der Waals surface area (Å²) in [7, 11) is 1.54. The van der Waals surface area contributed by atoms with Crippen LogP contribution in [0.15, 0.2) is 46.8 Å². The first-order valence-corrected chi connectivity index (χ1v) is 11.9. The first kappa shape index (κ1) is 22.8. The van der Waals surface area contributed by atoms with Crippen molar-refractivity contribution in [3.8, 4) is 11.5 Å². The maximum Gasteiger partial charge on any atom is 0.293 e. The highest BCUT2D eigenvalue weighted by Crippen LogP contribution is 2.34. The summed E-state index contributed by atoms with van der Waals surface area (Å²) in [6, 6.07) is 10.6. The van der Waals surface area contributed by atoms with Gasteiger partial charge in [0.2, 0.25) is 0 Å². The minimum absolute atomic E-state index is 0.0865. The molecule has 1 aliphatic rings. The number of rotatable bonds is 8. The highest BCUT2D eigenvalue weighted by atomic mass is 32.2. The number of thioether (sulfide) groups is 1. The summed E-state index contributed by atoms with van der Waals surface area (Å²) in [4.78, 5) is 43.2. The number of nitrogens with zero attached hydrogens (tertiary/aromatic N) is 2. The van der Waals surface area contributed by atoms with Crippen molar-refractivity contribution in [3.05, 3.63) is 57.9 Å². The van der Waals surface area contributed by atoms with E-state index in [9.17, 15) is 14.4 Å². The fourth-order valence-corrected chi connectivity index (χ4v) is 4.85. The minimum Gasteiger partial charge on any atom is -0.493 e. The van der Waals surface area contributed by atoms with Crippen LogP contribution in [-0.4, -0.2) is 53.7 Å². The molecule has 3 aromatic rings. The van der Waals surface area contributed by atoms with Crippen LogP contribution in [0.2, 0.25) is 0 Å². The predicted molar refractivity (Wildman–Crippen MR) is 129 cm³/mol. The highest BCUT2D eigenvalue weighted by molar-refractivity contribution is 8.18. The average molecular weight is 484 g/mol. The Kier molecular flexibility index (Phi) is 6.95. The molecule has 1 fully saturated rings. The molecule has 0 bridgehead atoms. The van der Waals surface area contributed by atoms with E-state index >= 15 is 0 Å². The number of imide groups is 1. The molecule has 1 aromatic heterocycles. The number of aromatic nitrogens is 1. The number of nitrogens with one attached hydrogen (secondary N) is 1. The molecule has 2 aromatic carbocycles. The summed E-state index contributed by atoms with van der Waals surface area (Å²) >= 11 is 2.33. The van der Waals surface area contributed by atoms with Crippen molar-refractivity contribution in [1.82, 2.24) is 15.2 Å². The summed E-state index contributed by atoms with van der Waals surface area (Å²) in [6.07, 6.45) is 1.64. The minimum atomic E-state index is -0.391. The molecule has 3 amide bonds. The van der Waals surface area contributed by atoms with Gasteiger partial charge in [0.05, 0.1) is 34.3 Å². The third kappa shape index (κ3) is 5.01. The third-order valence-corrected chi connectivity index (χ3v) is 6.57. The van der Waals surface area contributed by atoms with Crippen molar-refractivity contribution < 1.29 is 23.9 Å². The Balaban J connectivity index is 1.38. The van der Waals surface area contributed by atoms with Crippen LogP contribution in [0.5, 0.6) is 11.5 Å². The lowest BCUT2D eigenvalue weighted by molar-refractivity contribution is -0.122. The molecule has 0 aliphatic carbocycles. The molecule has 0 radical (unpaired) electrons. The average Bonchev–Trinajstić information content (AvgIpc) is 3.39. The van der Waals surface area contributed by atoms with Crippen molar-refractivity contribution in [2.75, 3.05) is 26.8 Å². The van der Waals surface area contributed by atoms with Crippen molar-refractivity contribution in [2.45, 2.75) is 6.92 Å². The first-order valence-electron chi connectivity index (χ1n) is 10.2. The molecule has 0 atom stereocenters. The Morgan fingerprint density at radius 2 is 2.03 bits per heavy atom. The summed E-state index contributed by atoms with van der Waals surface area (Å²) in [5.41, 5.74) is 3.78. The molecule has 0 spiro atoms. The van der Waals surface area contributed by atoms with E-state index in [1.54, 1.807) is 55.1 Å². The van der Waals surface area contributed by atoms with Gasteiger partial charge in [-0.25, -0.2) is 4.98 Å². The van der Waals surface area contributed by atoms with Crippen molar-refractivity contribution in [1.29, 1.82) is 0 Å². The lowest BCUT2D eigenvalue weighted by Gasteiger charge is -2.13. The number of fused-ring (bicyclic) bond motifs is 1. The Morgan fingerprint density at radius 3 is 2.82 bits per heavy atom. The van der Waals surface area contributed by atoms with Crippen LogP contribution < -0.4 is 14.8 Å². The van der Waals surface area contributed by atoms with Gasteiger partial charge in [-0.2, -0.15) is 0 Å². The number of methoxy groups -OCH3 is 1. The first-order chi connectivity index (χ1) is 16.0. The van der Waals surface area contributed by atoms with Gasteiger partial charge < -0.3 is 14.8 Å². The van der Waals surface area contributed by atoms with Crippen molar-refractivity contribution >= 4 is 56.4 Å². The van der Waals surface area contributed by atoms with Crippen LogP contribution in [0, 0.1) is 0 Å². The van der Waals surface area contributed by atoms with Gasteiger partial charge in [-0.15, -0.1) is 11.3 Å². The topological polar surface area (TPSA) is 97.8 Å². The zero-order chi connectivity index (χ0) is 23.4. The Bertz CT molecular complexity index is 1250. The normalized spacial score (nSPS) is 14.8. The Labute approximate surface area is 198 Å². The molecule has 33 heavy (non-hydrogen) atoms. The summed E-state index contributed by atoms with van der Waals surface area (Å²) in [6.45, 7) is 2.63. The van der Waals surface area contributed by atoms with E-state index in [2.05, 4.69) is 10.3 Å².